The summed E-state index contributed by atoms with van der Waals surface area (Å²) in [5.74, 6) is -0.614. The molecule has 0 saturated heterocycles. The maximum Gasteiger partial charge on any atom is 0.311 e. The molecule has 138 valence electrons. The molecule has 0 bridgehead atoms. The lowest BCUT2D eigenvalue weighted by Gasteiger charge is -2.02. The molecule has 3 aromatic rings. The zero-order chi connectivity index (χ0) is 19.2. The Bertz CT molecular complexity index is 940. The van der Waals surface area contributed by atoms with Gasteiger partial charge in [-0.05, 0) is 31.2 Å². The van der Waals surface area contributed by atoms with Crippen LogP contribution in [-0.2, 0) is 16.0 Å². The number of aromatic nitrogens is 1. The van der Waals surface area contributed by atoms with Gasteiger partial charge in [0.1, 0.15) is 0 Å². The minimum absolute atomic E-state index is 0.104. The third-order valence-corrected chi connectivity index (χ3v) is 4.90. The van der Waals surface area contributed by atoms with Crippen LogP contribution in [0, 0.1) is 0 Å². The van der Waals surface area contributed by atoms with E-state index in [4.69, 9.17) is 16.3 Å². The summed E-state index contributed by atoms with van der Waals surface area (Å²) in [4.78, 5) is 29.6. The number of carbonyl (C=O) groups is 2. The Labute approximate surface area is 166 Å². The number of hydrogen-bond acceptors (Lipinski definition) is 5. The number of benzene rings is 2. The lowest BCUT2D eigenvalue weighted by molar-refractivity contribution is -0.142. The van der Waals surface area contributed by atoms with E-state index in [2.05, 4.69) is 10.3 Å². The number of carbonyl (C=O) groups excluding carboxylic acids is 2. The van der Waals surface area contributed by atoms with E-state index in [-0.39, 0.29) is 18.3 Å². The van der Waals surface area contributed by atoms with Gasteiger partial charge in [0.05, 0.1) is 18.7 Å². The normalized spacial score (nSPS) is 10.4. The Morgan fingerprint density at radius 3 is 2.48 bits per heavy atom. The van der Waals surface area contributed by atoms with Crippen LogP contribution >= 0.6 is 22.9 Å². The first-order valence-corrected chi connectivity index (χ1v) is 9.54. The zero-order valence-corrected chi connectivity index (χ0v) is 16.1. The van der Waals surface area contributed by atoms with Crippen molar-refractivity contribution in [2.45, 2.75) is 13.3 Å². The van der Waals surface area contributed by atoms with E-state index in [1.165, 1.54) is 11.3 Å². The monoisotopic (exact) mass is 400 g/mol. The molecule has 0 aliphatic heterocycles. The van der Waals surface area contributed by atoms with Crippen LogP contribution in [0.15, 0.2) is 54.6 Å². The Morgan fingerprint density at radius 1 is 1.11 bits per heavy atom. The Hall–Kier alpha value is -2.70. The maximum atomic E-state index is 12.4. The molecule has 0 aliphatic rings. The summed E-state index contributed by atoms with van der Waals surface area (Å²) in [6, 6.07) is 16.1. The number of halogens is 1. The van der Waals surface area contributed by atoms with Gasteiger partial charge in [0.2, 0.25) is 0 Å². The minimum Gasteiger partial charge on any atom is -0.466 e. The fourth-order valence-electron chi connectivity index (χ4n) is 2.46. The summed E-state index contributed by atoms with van der Waals surface area (Å²) in [5, 5.41) is 3.77. The van der Waals surface area contributed by atoms with Gasteiger partial charge in [-0.1, -0.05) is 41.9 Å². The lowest BCUT2D eigenvalue weighted by atomic mass is 10.1. The van der Waals surface area contributed by atoms with Crippen LogP contribution in [0.5, 0.6) is 0 Å². The Kier molecular flexibility index (Phi) is 6.21. The van der Waals surface area contributed by atoms with Crippen molar-refractivity contribution >= 4 is 39.9 Å². The van der Waals surface area contributed by atoms with Crippen LogP contribution in [0.2, 0.25) is 5.02 Å². The maximum absolute atomic E-state index is 12.4. The van der Waals surface area contributed by atoms with Gasteiger partial charge in [0.25, 0.3) is 5.91 Å². The van der Waals surface area contributed by atoms with Crippen molar-refractivity contribution in [1.29, 1.82) is 0 Å². The van der Waals surface area contributed by atoms with Crippen molar-refractivity contribution in [2.75, 3.05) is 11.9 Å². The average molecular weight is 401 g/mol. The molecular weight excluding hydrogens is 384 g/mol. The molecular formula is C20H17ClN2O3S. The van der Waals surface area contributed by atoms with Crippen molar-refractivity contribution < 1.29 is 14.3 Å². The predicted octanol–water partition coefficient (Wildman–Crippen LogP) is 4.82. The van der Waals surface area contributed by atoms with Crippen LogP contribution in [0.25, 0.3) is 11.3 Å². The number of anilines is 1. The van der Waals surface area contributed by atoms with Gasteiger partial charge in [-0.15, -0.1) is 11.3 Å². The van der Waals surface area contributed by atoms with Crippen LogP contribution < -0.4 is 5.32 Å². The molecule has 27 heavy (non-hydrogen) atoms. The third kappa shape index (κ3) is 4.93. The first-order valence-electron chi connectivity index (χ1n) is 8.34. The second kappa shape index (κ2) is 8.79. The van der Waals surface area contributed by atoms with Gasteiger partial charge in [-0.2, -0.15) is 0 Å². The standard InChI is InChI=1S/C20H17ClN2O3S/c1-2-26-17(24)12-16-18(13-6-4-3-5-7-13)22-20(27-16)23-19(25)14-8-10-15(21)11-9-14/h3-11H,2,12H2,1H3,(H,22,23,25). The molecule has 0 spiro atoms. The topological polar surface area (TPSA) is 68.3 Å². The first-order chi connectivity index (χ1) is 13.1. The quantitative estimate of drug-likeness (QED) is 0.602. The number of nitrogens with one attached hydrogen (secondary N) is 1. The summed E-state index contributed by atoms with van der Waals surface area (Å²) in [5.41, 5.74) is 2.02. The van der Waals surface area contributed by atoms with Gasteiger partial charge in [-0.25, -0.2) is 4.98 Å². The molecule has 0 unspecified atom stereocenters. The average Bonchev–Trinajstić information content (AvgIpc) is 3.05. The minimum atomic E-state index is -0.325. The summed E-state index contributed by atoms with van der Waals surface area (Å²) in [6.45, 7) is 2.08. The summed E-state index contributed by atoms with van der Waals surface area (Å²) >= 11 is 7.12. The highest BCUT2D eigenvalue weighted by Crippen LogP contribution is 2.32. The summed E-state index contributed by atoms with van der Waals surface area (Å²) < 4.78 is 5.05. The Morgan fingerprint density at radius 2 is 1.81 bits per heavy atom. The highest BCUT2D eigenvalue weighted by molar-refractivity contribution is 7.16. The van der Waals surface area contributed by atoms with Crippen LogP contribution in [0.1, 0.15) is 22.2 Å². The van der Waals surface area contributed by atoms with Gasteiger partial charge >= 0.3 is 5.97 Å². The van der Waals surface area contributed by atoms with E-state index in [9.17, 15) is 9.59 Å². The smallest absolute Gasteiger partial charge is 0.311 e. The van der Waals surface area contributed by atoms with Gasteiger partial charge in [0, 0.05) is 21.0 Å². The molecule has 2 aromatic carbocycles. The highest BCUT2D eigenvalue weighted by Gasteiger charge is 2.18. The second-order valence-electron chi connectivity index (χ2n) is 5.60. The van der Waals surface area contributed by atoms with Crippen LogP contribution in [0.4, 0.5) is 5.13 Å². The van der Waals surface area contributed by atoms with E-state index >= 15 is 0 Å². The van der Waals surface area contributed by atoms with Crippen molar-refractivity contribution in [1.82, 2.24) is 4.98 Å². The first kappa shape index (κ1) is 19.1. The number of nitrogens with zero attached hydrogens (tertiary/aromatic N) is 1. The number of rotatable bonds is 6. The molecule has 5 nitrogen and oxygen atoms in total. The van der Waals surface area contributed by atoms with Crippen molar-refractivity contribution in [3.8, 4) is 11.3 Å². The van der Waals surface area contributed by atoms with Gasteiger partial charge < -0.3 is 4.74 Å². The van der Waals surface area contributed by atoms with E-state index in [1.807, 2.05) is 30.3 Å². The molecule has 1 amide bonds. The zero-order valence-electron chi connectivity index (χ0n) is 14.6. The van der Waals surface area contributed by atoms with E-state index in [0.717, 1.165) is 10.4 Å². The summed E-state index contributed by atoms with van der Waals surface area (Å²) in [7, 11) is 0. The number of ether oxygens (including phenoxy) is 1. The fraction of sp³-hybridized carbons (Fsp3) is 0.150. The van der Waals surface area contributed by atoms with Crippen molar-refractivity contribution in [3.05, 3.63) is 70.1 Å². The predicted molar refractivity (Wildman–Crippen MR) is 107 cm³/mol. The molecule has 0 fully saturated rings. The van der Waals surface area contributed by atoms with Crippen LogP contribution in [0.3, 0.4) is 0 Å². The number of amides is 1. The molecule has 7 heteroatoms. The molecule has 0 radical (unpaired) electrons. The second-order valence-corrected chi connectivity index (χ2v) is 7.12. The third-order valence-electron chi connectivity index (χ3n) is 3.68. The molecule has 1 heterocycles. The van der Waals surface area contributed by atoms with Crippen molar-refractivity contribution in [3.63, 3.8) is 0 Å². The van der Waals surface area contributed by atoms with Crippen molar-refractivity contribution in [2.24, 2.45) is 0 Å². The number of esters is 1. The van der Waals surface area contributed by atoms with E-state index in [0.29, 0.717) is 28.0 Å². The molecule has 1 N–H and O–H groups in total. The van der Waals surface area contributed by atoms with Gasteiger partial charge in [0.15, 0.2) is 5.13 Å². The van der Waals surface area contributed by atoms with E-state index in [1.54, 1.807) is 31.2 Å². The largest absolute Gasteiger partial charge is 0.466 e. The molecule has 0 saturated carbocycles. The SMILES string of the molecule is CCOC(=O)Cc1sc(NC(=O)c2ccc(Cl)cc2)nc1-c1ccccc1. The molecule has 3 rings (SSSR count). The molecule has 1 aromatic heterocycles. The highest BCUT2D eigenvalue weighted by atomic mass is 35.5. The lowest BCUT2D eigenvalue weighted by Crippen LogP contribution is -2.11. The molecule has 0 atom stereocenters. The molecule has 0 aliphatic carbocycles. The van der Waals surface area contributed by atoms with E-state index < -0.39 is 0 Å². The van der Waals surface area contributed by atoms with Crippen LogP contribution in [-0.4, -0.2) is 23.5 Å². The fourth-order valence-corrected chi connectivity index (χ4v) is 3.55. The number of hydrogen-bond donors (Lipinski definition) is 1. The Balaban J connectivity index is 1.87. The summed E-state index contributed by atoms with van der Waals surface area (Å²) in [6.07, 6.45) is 0.104. The number of thiazole rings is 1. The van der Waals surface area contributed by atoms with Gasteiger partial charge in [-0.3, -0.25) is 14.9 Å².